The van der Waals surface area contributed by atoms with Crippen LogP contribution in [0.2, 0.25) is 0 Å². The Balaban J connectivity index is 2.91. The van der Waals surface area contributed by atoms with Gasteiger partial charge in [0.1, 0.15) is 5.75 Å². The van der Waals surface area contributed by atoms with Gasteiger partial charge in [0, 0.05) is 17.6 Å². The number of halogens is 1. The molecule has 0 radical (unpaired) electrons. The maximum atomic E-state index is 12.1. The van der Waals surface area contributed by atoms with Crippen LogP contribution in [-0.2, 0) is 0 Å². The molecular formula is C14H19ClN2O3. The summed E-state index contributed by atoms with van der Waals surface area (Å²) in [7, 11) is 0. The number of hydrogen-bond donors (Lipinski definition) is 1. The molecule has 0 heterocycles. The molecule has 1 amide bonds. The second-order valence-corrected chi connectivity index (χ2v) is 5.56. The van der Waals surface area contributed by atoms with Gasteiger partial charge in [0.15, 0.2) is 5.17 Å². The van der Waals surface area contributed by atoms with Gasteiger partial charge >= 0.3 is 6.09 Å². The first-order valence-corrected chi connectivity index (χ1v) is 6.64. The Hall–Kier alpha value is -1.75. The lowest BCUT2D eigenvalue weighted by molar-refractivity contribution is 0.110. The summed E-state index contributed by atoms with van der Waals surface area (Å²) in [6.07, 6.45) is -0.436. The number of hydrogen-bond acceptors (Lipinski definition) is 4. The maximum Gasteiger partial charge on any atom is 0.415 e. The molecule has 0 bridgehead atoms. The van der Waals surface area contributed by atoms with Crippen molar-refractivity contribution in [1.82, 2.24) is 4.90 Å². The minimum Gasteiger partial charge on any atom is -0.410 e. The van der Waals surface area contributed by atoms with E-state index < -0.39 is 6.09 Å². The molecule has 110 valence electrons. The molecule has 0 saturated carbocycles. The summed E-state index contributed by atoms with van der Waals surface area (Å²) in [5.74, 6) is 0.344. The second kappa shape index (κ2) is 6.61. The lowest BCUT2D eigenvalue weighted by atomic mass is 10.1. The van der Waals surface area contributed by atoms with E-state index in [1.54, 1.807) is 23.1 Å². The number of nitrogens with zero attached hydrogens (tertiary/aromatic N) is 2. The first kappa shape index (κ1) is 16.3. The summed E-state index contributed by atoms with van der Waals surface area (Å²) in [6.45, 7) is 8.23. The highest BCUT2D eigenvalue weighted by Gasteiger charge is 2.26. The molecule has 20 heavy (non-hydrogen) atoms. The summed E-state index contributed by atoms with van der Waals surface area (Å²) in [6, 6.07) is 6.50. The fraction of sp³-hybridized carbons (Fsp3) is 0.429. The SMILES string of the molecule is CCN(C(=O)Oc1cccc(C(Cl)=NO)c1)C(C)(C)C. The van der Waals surface area contributed by atoms with E-state index in [1.165, 1.54) is 6.07 Å². The zero-order valence-corrected chi connectivity index (χ0v) is 12.8. The van der Waals surface area contributed by atoms with E-state index in [4.69, 9.17) is 21.5 Å². The molecule has 0 spiro atoms. The van der Waals surface area contributed by atoms with Crippen LogP contribution >= 0.6 is 11.6 Å². The molecule has 6 heteroatoms. The third kappa shape index (κ3) is 4.13. The van der Waals surface area contributed by atoms with Crippen molar-refractivity contribution in [2.75, 3.05) is 6.54 Å². The molecule has 5 nitrogen and oxygen atoms in total. The van der Waals surface area contributed by atoms with Crippen molar-refractivity contribution in [1.29, 1.82) is 0 Å². The van der Waals surface area contributed by atoms with Gasteiger partial charge in [0.2, 0.25) is 0 Å². The van der Waals surface area contributed by atoms with Crippen molar-refractivity contribution < 1.29 is 14.7 Å². The number of carbonyl (C=O) groups is 1. The molecule has 0 fully saturated rings. The summed E-state index contributed by atoms with van der Waals surface area (Å²) in [4.78, 5) is 13.7. The number of rotatable bonds is 3. The van der Waals surface area contributed by atoms with Crippen molar-refractivity contribution in [3.05, 3.63) is 29.8 Å². The number of benzene rings is 1. The van der Waals surface area contributed by atoms with Crippen LogP contribution in [0.5, 0.6) is 5.75 Å². The van der Waals surface area contributed by atoms with Gasteiger partial charge in [-0.15, -0.1) is 0 Å². The standard InChI is InChI=1S/C14H19ClN2O3/c1-5-17(14(2,3)4)13(18)20-11-8-6-7-10(9-11)12(15)16-19/h6-9,19H,5H2,1-4H3. The van der Waals surface area contributed by atoms with E-state index >= 15 is 0 Å². The first-order valence-electron chi connectivity index (χ1n) is 6.27. The van der Waals surface area contributed by atoms with Crippen LogP contribution in [0.4, 0.5) is 4.79 Å². The molecule has 0 aliphatic carbocycles. The third-order valence-electron chi connectivity index (χ3n) is 2.71. The Morgan fingerprint density at radius 1 is 1.45 bits per heavy atom. The minimum absolute atomic E-state index is 0.0638. The Kier molecular flexibility index (Phi) is 5.39. The number of oxime groups is 1. The maximum absolute atomic E-state index is 12.1. The van der Waals surface area contributed by atoms with E-state index in [1.807, 2.05) is 27.7 Å². The van der Waals surface area contributed by atoms with Gasteiger partial charge in [-0.1, -0.05) is 28.9 Å². The van der Waals surface area contributed by atoms with E-state index in [9.17, 15) is 4.79 Å². The molecule has 0 aliphatic heterocycles. The van der Waals surface area contributed by atoms with Crippen LogP contribution < -0.4 is 4.74 Å². The number of ether oxygens (including phenoxy) is 1. The lowest BCUT2D eigenvalue weighted by Gasteiger charge is -2.33. The number of carbonyl (C=O) groups excluding carboxylic acids is 1. The average molecular weight is 299 g/mol. The van der Waals surface area contributed by atoms with Crippen LogP contribution in [0.15, 0.2) is 29.4 Å². The smallest absolute Gasteiger partial charge is 0.410 e. The lowest BCUT2D eigenvalue weighted by Crippen LogP contribution is -2.46. The second-order valence-electron chi connectivity index (χ2n) is 5.20. The Bertz CT molecular complexity index is 509. The van der Waals surface area contributed by atoms with Gasteiger partial charge in [-0.25, -0.2) is 4.79 Å². The third-order valence-corrected chi connectivity index (χ3v) is 3.01. The topological polar surface area (TPSA) is 62.1 Å². The highest BCUT2D eigenvalue weighted by Crippen LogP contribution is 2.19. The molecular weight excluding hydrogens is 280 g/mol. The normalized spacial score (nSPS) is 12.2. The van der Waals surface area contributed by atoms with Crippen LogP contribution in [0.1, 0.15) is 33.3 Å². The van der Waals surface area contributed by atoms with Gasteiger partial charge in [0.25, 0.3) is 0 Å². The molecule has 0 unspecified atom stereocenters. The predicted molar refractivity (Wildman–Crippen MR) is 78.8 cm³/mol. The zero-order valence-electron chi connectivity index (χ0n) is 12.1. The molecule has 0 saturated heterocycles. The summed E-state index contributed by atoms with van der Waals surface area (Å²) < 4.78 is 5.32. The van der Waals surface area contributed by atoms with Crippen molar-refractivity contribution in [2.45, 2.75) is 33.2 Å². The molecule has 0 atom stereocenters. The first-order chi connectivity index (χ1) is 9.29. The average Bonchev–Trinajstić information content (AvgIpc) is 2.37. The summed E-state index contributed by atoms with van der Waals surface area (Å²) in [5, 5.41) is 11.5. The molecule has 1 N–H and O–H groups in total. The Morgan fingerprint density at radius 2 is 2.10 bits per heavy atom. The fourth-order valence-electron chi connectivity index (χ4n) is 1.78. The van der Waals surface area contributed by atoms with Crippen molar-refractivity contribution >= 4 is 22.9 Å². The molecule has 1 aromatic rings. The summed E-state index contributed by atoms with van der Waals surface area (Å²) in [5.41, 5.74) is 0.145. The molecule has 0 aromatic heterocycles. The Labute approximate surface area is 123 Å². The summed E-state index contributed by atoms with van der Waals surface area (Å²) >= 11 is 5.71. The van der Waals surface area contributed by atoms with Gasteiger partial charge < -0.3 is 14.8 Å². The van der Waals surface area contributed by atoms with Crippen molar-refractivity contribution in [2.24, 2.45) is 5.16 Å². The van der Waals surface area contributed by atoms with E-state index in [2.05, 4.69) is 5.16 Å². The van der Waals surface area contributed by atoms with Gasteiger partial charge in [-0.2, -0.15) is 0 Å². The van der Waals surface area contributed by atoms with Gasteiger partial charge in [-0.3, -0.25) is 0 Å². The number of amides is 1. The molecule has 1 aromatic carbocycles. The quantitative estimate of drug-likeness (QED) is 0.526. The Morgan fingerprint density at radius 3 is 2.60 bits per heavy atom. The highest BCUT2D eigenvalue weighted by atomic mass is 35.5. The predicted octanol–water partition coefficient (Wildman–Crippen LogP) is 3.68. The van der Waals surface area contributed by atoms with Gasteiger partial charge in [-0.05, 0) is 39.8 Å². The zero-order chi connectivity index (χ0) is 15.3. The molecule has 0 aliphatic rings. The van der Waals surface area contributed by atoms with Crippen molar-refractivity contribution in [3.63, 3.8) is 0 Å². The highest BCUT2D eigenvalue weighted by molar-refractivity contribution is 6.69. The van der Waals surface area contributed by atoms with Gasteiger partial charge in [0.05, 0.1) is 0 Å². The monoisotopic (exact) mass is 298 g/mol. The largest absolute Gasteiger partial charge is 0.415 e. The van der Waals surface area contributed by atoms with E-state index in [-0.39, 0.29) is 10.7 Å². The molecule has 1 rings (SSSR count). The van der Waals surface area contributed by atoms with Crippen LogP contribution in [0, 0.1) is 0 Å². The van der Waals surface area contributed by atoms with E-state index in [0.29, 0.717) is 17.9 Å². The van der Waals surface area contributed by atoms with Crippen LogP contribution in [0.25, 0.3) is 0 Å². The van der Waals surface area contributed by atoms with Crippen molar-refractivity contribution in [3.8, 4) is 5.75 Å². The fourth-order valence-corrected chi connectivity index (χ4v) is 1.90. The van der Waals surface area contributed by atoms with E-state index in [0.717, 1.165) is 0 Å². The van der Waals surface area contributed by atoms with Crippen LogP contribution in [0.3, 0.4) is 0 Å². The van der Waals surface area contributed by atoms with Crippen LogP contribution in [-0.4, -0.2) is 33.5 Å². The minimum atomic E-state index is -0.436.